The molecule has 31 valence electrons. The Hall–Kier alpha value is -0.790. The first-order valence-electron chi connectivity index (χ1n) is 1.74. The summed E-state index contributed by atoms with van der Waals surface area (Å²) in [6.45, 7) is 1.85. The average Bonchev–Trinajstić information content (AvgIpc) is 1.86. The number of rotatable bonds is 0. The molecule has 2 nitrogen and oxygen atoms in total. The van der Waals surface area contributed by atoms with Crippen LogP contribution in [0.15, 0.2) is 12.0 Å². The number of hydrogen-bond donors (Lipinski definition) is 0. The monoisotopic (exact) mass is 83.0 g/mol. The third kappa shape index (κ3) is 0.407. The van der Waals surface area contributed by atoms with Crippen LogP contribution in [0.5, 0.6) is 0 Å². The van der Waals surface area contributed by atoms with E-state index < -0.39 is 0 Å². The Morgan fingerprint density at radius 2 is 2.67 bits per heavy atom. The molecule has 0 aromatic heterocycles. The Kier molecular flexibility index (Phi) is 0.638. The second-order valence-corrected chi connectivity index (χ2v) is 1.11. The maximum Gasteiger partial charge on any atom is 0.403 e. The summed E-state index contributed by atoms with van der Waals surface area (Å²) in [6, 6.07) is 0. The van der Waals surface area contributed by atoms with E-state index in [1.807, 2.05) is 6.92 Å². The lowest BCUT2D eigenvalue weighted by molar-refractivity contribution is 0.449. The fourth-order valence-corrected chi connectivity index (χ4v) is 0.279. The molecule has 0 aromatic carbocycles. The molecule has 0 spiro atoms. The average molecular weight is 83.1 g/mol. The highest BCUT2D eigenvalue weighted by Gasteiger charge is 2.01. The van der Waals surface area contributed by atoms with E-state index in [-0.39, 0.29) is 0 Å². The zero-order valence-corrected chi connectivity index (χ0v) is 3.51. The van der Waals surface area contributed by atoms with E-state index in [4.69, 9.17) is 4.74 Å². The number of aliphatic imine (C=N–C) groups is 1. The van der Waals surface area contributed by atoms with Gasteiger partial charge in [-0.25, -0.2) is 0 Å². The van der Waals surface area contributed by atoms with Crippen molar-refractivity contribution in [3.05, 3.63) is 12.0 Å². The molecule has 0 aliphatic carbocycles. The van der Waals surface area contributed by atoms with Crippen LogP contribution in [0, 0.1) is 0 Å². The van der Waals surface area contributed by atoms with Crippen LogP contribution in [0.25, 0.3) is 0 Å². The molecule has 0 unspecified atom stereocenters. The highest BCUT2D eigenvalue weighted by Crippen LogP contribution is 1.91. The molecular weight excluding hydrogens is 78.0 g/mol. The Bertz CT molecular complexity index is 104. The van der Waals surface area contributed by atoms with Crippen molar-refractivity contribution in [3.63, 3.8) is 0 Å². The summed E-state index contributed by atoms with van der Waals surface area (Å²) in [5.41, 5.74) is 0. The first kappa shape index (κ1) is 3.40. The number of nitrogens with zero attached hydrogens (tertiary/aromatic N) is 1. The van der Waals surface area contributed by atoms with Crippen molar-refractivity contribution in [1.29, 1.82) is 0 Å². The van der Waals surface area contributed by atoms with Gasteiger partial charge in [-0.05, 0) is 0 Å². The summed E-state index contributed by atoms with van der Waals surface area (Å²) < 4.78 is 4.72. The van der Waals surface area contributed by atoms with Gasteiger partial charge in [0, 0.05) is 6.92 Å². The van der Waals surface area contributed by atoms with Crippen molar-refractivity contribution >= 4 is 6.40 Å². The van der Waals surface area contributed by atoms with Crippen LogP contribution in [0.3, 0.4) is 0 Å². The molecule has 0 saturated carbocycles. The van der Waals surface area contributed by atoms with Gasteiger partial charge in [0.2, 0.25) is 0 Å². The lowest BCUT2D eigenvalue weighted by Gasteiger charge is -1.76. The molecule has 0 aromatic rings. The quantitative estimate of drug-likeness (QED) is 0.411. The Morgan fingerprint density at radius 1 is 1.83 bits per heavy atom. The molecular formula is C4H5NO+. The van der Waals surface area contributed by atoms with Crippen LogP contribution >= 0.6 is 0 Å². The van der Waals surface area contributed by atoms with Crippen molar-refractivity contribution in [3.8, 4) is 0 Å². The van der Waals surface area contributed by atoms with Gasteiger partial charge in [0.1, 0.15) is 0 Å². The summed E-state index contributed by atoms with van der Waals surface area (Å²) in [7, 11) is 0. The van der Waals surface area contributed by atoms with Crippen LogP contribution in [0.2, 0.25) is 0 Å². The topological polar surface area (TPSA) is 23.3 Å². The van der Waals surface area contributed by atoms with E-state index in [0.29, 0.717) is 0 Å². The predicted molar refractivity (Wildman–Crippen MR) is 23.0 cm³/mol. The summed E-state index contributed by atoms with van der Waals surface area (Å²) in [6.07, 6.45) is 3.08. The van der Waals surface area contributed by atoms with Gasteiger partial charge in [0.15, 0.2) is 5.76 Å². The van der Waals surface area contributed by atoms with Crippen molar-refractivity contribution < 1.29 is 4.74 Å². The summed E-state index contributed by atoms with van der Waals surface area (Å²) >= 11 is 0. The second-order valence-electron chi connectivity index (χ2n) is 1.11. The van der Waals surface area contributed by atoms with Gasteiger partial charge in [-0.15, -0.1) is 0 Å². The van der Waals surface area contributed by atoms with Gasteiger partial charge in [-0.3, -0.25) is 0 Å². The lowest BCUT2D eigenvalue weighted by Crippen LogP contribution is -1.74. The first-order chi connectivity index (χ1) is 2.89. The van der Waals surface area contributed by atoms with E-state index in [1.165, 1.54) is 6.40 Å². The van der Waals surface area contributed by atoms with E-state index in [0.717, 1.165) is 5.76 Å². The lowest BCUT2D eigenvalue weighted by atomic mass is 10.6. The molecule has 1 heterocycles. The van der Waals surface area contributed by atoms with Gasteiger partial charge in [0.25, 0.3) is 6.20 Å². The molecule has 1 radical (unpaired) electrons. The third-order valence-electron chi connectivity index (χ3n) is 0.556. The normalized spacial score (nSPS) is 17.2. The van der Waals surface area contributed by atoms with Crippen molar-refractivity contribution in [2.75, 3.05) is 0 Å². The Labute approximate surface area is 36.1 Å². The molecule has 0 fully saturated rings. The SMILES string of the molecule is CC1=C[N+]=CO1. The molecule has 0 N–H and O–H groups in total. The molecule has 1 aliphatic rings. The standard InChI is InChI=1S/C4H5NO/c1-4-2-5-3-6-4/h2-3H,1H3/q+1. The summed E-state index contributed by atoms with van der Waals surface area (Å²) in [4.78, 5) is 3.66. The maximum atomic E-state index is 4.72. The Balaban J connectivity index is 2.61. The fraction of sp³-hybridized carbons (Fsp3) is 0.250. The van der Waals surface area contributed by atoms with Crippen LogP contribution < -0.4 is 4.99 Å². The summed E-state index contributed by atoms with van der Waals surface area (Å²) in [5, 5.41) is 0. The van der Waals surface area contributed by atoms with Crippen LogP contribution in [-0.2, 0) is 4.74 Å². The zero-order valence-electron chi connectivity index (χ0n) is 3.51. The van der Waals surface area contributed by atoms with E-state index in [2.05, 4.69) is 4.99 Å². The molecule has 6 heavy (non-hydrogen) atoms. The predicted octanol–water partition coefficient (Wildman–Crippen LogP) is 0.242. The molecule has 0 atom stereocenters. The molecule has 0 amide bonds. The highest BCUT2D eigenvalue weighted by molar-refractivity contribution is 5.50. The number of hydrogen-bond acceptors (Lipinski definition) is 2. The number of allylic oxidation sites excluding steroid dienone is 1. The van der Waals surface area contributed by atoms with Crippen molar-refractivity contribution in [2.24, 2.45) is 0 Å². The van der Waals surface area contributed by atoms with Crippen LogP contribution in [0.4, 0.5) is 0 Å². The van der Waals surface area contributed by atoms with Crippen molar-refractivity contribution in [1.82, 2.24) is 4.99 Å². The highest BCUT2D eigenvalue weighted by atomic mass is 16.5. The van der Waals surface area contributed by atoms with E-state index in [9.17, 15) is 0 Å². The minimum Gasteiger partial charge on any atom is -0.405 e. The smallest absolute Gasteiger partial charge is 0.403 e. The van der Waals surface area contributed by atoms with Gasteiger partial charge in [-0.1, -0.05) is 0 Å². The second kappa shape index (κ2) is 1.12. The van der Waals surface area contributed by atoms with Crippen LogP contribution in [-0.4, -0.2) is 6.40 Å². The zero-order chi connectivity index (χ0) is 4.41. The maximum absolute atomic E-state index is 4.72. The minimum atomic E-state index is 0.856. The molecule has 1 aliphatic heterocycles. The first-order valence-corrected chi connectivity index (χ1v) is 1.74. The van der Waals surface area contributed by atoms with Gasteiger partial charge >= 0.3 is 6.40 Å². The van der Waals surface area contributed by atoms with Gasteiger partial charge in [-0.2, -0.15) is 0 Å². The molecule has 0 saturated heterocycles. The third-order valence-corrected chi connectivity index (χ3v) is 0.556. The van der Waals surface area contributed by atoms with E-state index in [1.54, 1.807) is 6.20 Å². The fourth-order valence-electron chi connectivity index (χ4n) is 0.279. The Morgan fingerprint density at radius 3 is 2.83 bits per heavy atom. The van der Waals surface area contributed by atoms with Crippen LogP contribution in [0.1, 0.15) is 6.92 Å². The number of ether oxygens (including phenoxy) is 1. The molecule has 2 heteroatoms. The van der Waals surface area contributed by atoms with Gasteiger partial charge in [0.05, 0.1) is 4.99 Å². The van der Waals surface area contributed by atoms with Gasteiger partial charge < -0.3 is 4.74 Å². The van der Waals surface area contributed by atoms with Crippen molar-refractivity contribution in [2.45, 2.75) is 6.92 Å². The minimum absolute atomic E-state index is 0.856. The summed E-state index contributed by atoms with van der Waals surface area (Å²) in [5.74, 6) is 0.856. The largest absolute Gasteiger partial charge is 0.405 e. The molecule has 1 rings (SSSR count). The van der Waals surface area contributed by atoms with E-state index >= 15 is 0 Å². The molecule has 0 bridgehead atoms.